The molecule has 0 radical (unpaired) electrons. The van der Waals surface area contributed by atoms with Gasteiger partial charge in [-0.1, -0.05) is 18.2 Å². The van der Waals surface area contributed by atoms with E-state index in [1.165, 1.54) is 27.8 Å². The molecule has 120 valence electrons. The van der Waals surface area contributed by atoms with Crippen molar-refractivity contribution in [1.82, 2.24) is 15.6 Å². The second-order valence-corrected chi connectivity index (χ2v) is 6.32. The highest BCUT2D eigenvalue weighted by molar-refractivity contribution is 7.98. The van der Waals surface area contributed by atoms with E-state index < -0.39 is 0 Å². The molecule has 0 amide bonds. The van der Waals surface area contributed by atoms with Gasteiger partial charge in [-0.25, -0.2) is 0 Å². The van der Waals surface area contributed by atoms with Crippen molar-refractivity contribution in [3.8, 4) is 0 Å². The van der Waals surface area contributed by atoms with Crippen LogP contribution in [-0.4, -0.2) is 43.1 Å². The zero-order valence-corrected chi connectivity index (χ0v) is 14.5. The predicted octanol–water partition coefficient (Wildman–Crippen LogP) is 2.94. The molecule has 0 saturated carbocycles. The van der Waals surface area contributed by atoms with Gasteiger partial charge in [0.15, 0.2) is 5.96 Å². The number of hydrogen-bond acceptors (Lipinski definition) is 2. The number of nitrogens with one attached hydrogen (secondary N) is 3. The van der Waals surface area contributed by atoms with E-state index in [9.17, 15) is 0 Å². The quantitative estimate of drug-likeness (QED) is 0.418. The average Bonchev–Trinajstić information content (AvgIpc) is 2.94. The summed E-state index contributed by atoms with van der Waals surface area (Å²) in [6, 6.07) is 6.44. The van der Waals surface area contributed by atoms with E-state index in [-0.39, 0.29) is 0 Å². The Bertz CT molecular complexity index is 618. The number of hydrogen-bond donors (Lipinski definition) is 3. The van der Waals surface area contributed by atoms with Crippen molar-refractivity contribution in [2.24, 2.45) is 4.99 Å². The SMILES string of the molecule is CN=C(NCCCSC)NCCc1c[nH]c2c(C)cccc12. The first-order valence-corrected chi connectivity index (χ1v) is 9.14. The molecule has 1 aromatic heterocycles. The van der Waals surface area contributed by atoms with Gasteiger partial charge < -0.3 is 15.6 Å². The molecule has 0 fully saturated rings. The number of aryl methyl sites for hydroxylation is 1. The van der Waals surface area contributed by atoms with Crippen LogP contribution in [0.1, 0.15) is 17.5 Å². The molecule has 0 spiro atoms. The maximum Gasteiger partial charge on any atom is 0.190 e. The Hall–Kier alpha value is -1.62. The van der Waals surface area contributed by atoms with Crippen LogP contribution in [0.15, 0.2) is 29.4 Å². The molecule has 5 heteroatoms. The van der Waals surface area contributed by atoms with Crippen LogP contribution in [-0.2, 0) is 6.42 Å². The molecule has 2 aromatic rings. The first-order chi connectivity index (χ1) is 10.8. The van der Waals surface area contributed by atoms with Gasteiger partial charge in [-0.2, -0.15) is 11.8 Å². The minimum Gasteiger partial charge on any atom is -0.361 e. The highest BCUT2D eigenvalue weighted by atomic mass is 32.2. The van der Waals surface area contributed by atoms with Gasteiger partial charge in [0, 0.05) is 37.2 Å². The summed E-state index contributed by atoms with van der Waals surface area (Å²) in [6.45, 7) is 3.98. The Balaban J connectivity index is 1.83. The maximum atomic E-state index is 4.26. The van der Waals surface area contributed by atoms with E-state index in [1.807, 2.05) is 18.8 Å². The summed E-state index contributed by atoms with van der Waals surface area (Å²) in [5.74, 6) is 2.07. The number of H-pyrrole nitrogens is 1. The molecule has 0 bridgehead atoms. The third kappa shape index (κ3) is 4.44. The second-order valence-electron chi connectivity index (χ2n) is 5.33. The van der Waals surface area contributed by atoms with Gasteiger partial charge in [-0.15, -0.1) is 0 Å². The van der Waals surface area contributed by atoms with Crippen LogP contribution in [0.25, 0.3) is 10.9 Å². The minimum atomic E-state index is 0.878. The predicted molar refractivity (Wildman–Crippen MR) is 99.1 cm³/mol. The molecule has 0 aliphatic carbocycles. The van der Waals surface area contributed by atoms with Crippen LogP contribution >= 0.6 is 11.8 Å². The first kappa shape index (κ1) is 16.7. The van der Waals surface area contributed by atoms with Crippen LogP contribution in [0.5, 0.6) is 0 Å². The molecule has 3 N–H and O–H groups in total. The van der Waals surface area contributed by atoms with Gasteiger partial charge in [0.2, 0.25) is 0 Å². The van der Waals surface area contributed by atoms with E-state index in [0.717, 1.165) is 31.9 Å². The molecule has 0 saturated heterocycles. The van der Waals surface area contributed by atoms with Crippen molar-refractivity contribution in [3.05, 3.63) is 35.5 Å². The van der Waals surface area contributed by atoms with E-state index in [2.05, 4.69) is 58.2 Å². The molecule has 22 heavy (non-hydrogen) atoms. The van der Waals surface area contributed by atoms with E-state index >= 15 is 0 Å². The van der Waals surface area contributed by atoms with Crippen molar-refractivity contribution in [1.29, 1.82) is 0 Å². The zero-order chi connectivity index (χ0) is 15.8. The molecular weight excluding hydrogens is 292 g/mol. The first-order valence-electron chi connectivity index (χ1n) is 7.75. The monoisotopic (exact) mass is 318 g/mol. The summed E-state index contributed by atoms with van der Waals surface area (Å²) in [6.07, 6.45) is 6.39. The summed E-state index contributed by atoms with van der Waals surface area (Å²) >= 11 is 1.88. The summed E-state index contributed by atoms with van der Waals surface area (Å²) in [5.41, 5.74) is 3.89. The van der Waals surface area contributed by atoms with Crippen LogP contribution in [0.2, 0.25) is 0 Å². The van der Waals surface area contributed by atoms with Gasteiger partial charge in [0.25, 0.3) is 0 Å². The van der Waals surface area contributed by atoms with Crippen molar-refractivity contribution >= 4 is 28.6 Å². The summed E-state index contributed by atoms with van der Waals surface area (Å²) in [5, 5.41) is 8.05. The van der Waals surface area contributed by atoms with Gasteiger partial charge >= 0.3 is 0 Å². The number of rotatable bonds is 7. The third-order valence-electron chi connectivity index (χ3n) is 3.74. The number of fused-ring (bicyclic) bond motifs is 1. The Kier molecular flexibility index (Phi) is 6.65. The molecule has 2 rings (SSSR count). The van der Waals surface area contributed by atoms with Gasteiger partial charge in [0.1, 0.15) is 0 Å². The maximum absolute atomic E-state index is 4.26. The normalized spacial score (nSPS) is 11.9. The summed E-state index contributed by atoms with van der Waals surface area (Å²) in [4.78, 5) is 7.64. The molecule has 0 aliphatic rings. The number of thioether (sulfide) groups is 1. The van der Waals surface area contributed by atoms with Crippen LogP contribution in [0.3, 0.4) is 0 Å². The Morgan fingerprint density at radius 2 is 2.09 bits per heavy atom. The lowest BCUT2D eigenvalue weighted by atomic mass is 10.1. The van der Waals surface area contributed by atoms with Gasteiger partial charge in [0.05, 0.1) is 0 Å². The largest absolute Gasteiger partial charge is 0.361 e. The van der Waals surface area contributed by atoms with E-state index in [0.29, 0.717) is 0 Å². The molecule has 0 unspecified atom stereocenters. The molecule has 4 nitrogen and oxygen atoms in total. The number of nitrogens with zero attached hydrogens (tertiary/aromatic N) is 1. The lowest BCUT2D eigenvalue weighted by Crippen LogP contribution is -2.38. The lowest BCUT2D eigenvalue weighted by Gasteiger charge is -2.11. The van der Waals surface area contributed by atoms with Crippen molar-refractivity contribution < 1.29 is 0 Å². The number of para-hydroxylation sites is 1. The molecule has 0 aliphatic heterocycles. The number of aliphatic imine (C=N–C) groups is 1. The topological polar surface area (TPSA) is 52.2 Å². The molecular formula is C17H26N4S. The number of benzene rings is 1. The lowest BCUT2D eigenvalue weighted by molar-refractivity contribution is 0.778. The van der Waals surface area contributed by atoms with Crippen molar-refractivity contribution in [2.75, 3.05) is 32.1 Å². The molecule has 1 aromatic carbocycles. The zero-order valence-electron chi connectivity index (χ0n) is 13.7. The van der Waals surface area contributed by atoms with E-state index in [4.69, 9.17) is 0 Å². The fourth-order valence-electron chi connectivity index (χ4n) is 2.53. The number of aromatic nitrogens is 1. The average molecular weight is 318 g/mol. The van der Waals surface area contributed by atoms with Crippen LogP contribution in [0.4, 0.5) is 0 Å². The smallest absolute Gasteiger partial charge is 0.190 e. The van der Waals surface area contributed by atoms with E-state index in [1.54, 1.807) is 0 Å². The highest BCUT2D eigenvalue weighted by Crippen LogP contribution is 2.21. The fourth-order valence-corrected chi connectivity index (χ4v) is 2.96. The van der Waals surface area contributed by atoms with Crippen LogP contribution in [0, 0.1) is 6.92 Å². The van der Waals surface area contributed by atoms with Crippen LogP contribution < -0.4 is 10.6 Å². The second kappa shape index (κ2) is 8.73. The van der Waals surface area contributed by atoms with Gasteiger partial charge in [-0.3, -0.25) is 4.99 Å². The van der Waals surface area contributed by atoms with Gasteiger partial charge in [-0.05, 0) is 42.9 Å². The minimum absolute atomic E-state index is 0.878. The number of aromatic amines is 1. The Morgan fingerprint density at radius 3 is 2.86 bits per heavy atom. The van der Waals surface area contributed by atoms with Crippen molar-refractivity contribution in [3.63, 3.8) is 0 Å². The fraction of sp³-hybridized carbons (Fsp3) is 0.471. The number of guanidine groups is 1. The highest BCUT2D eigenvalue weighted by Gasteiger charge is 2.05. The molecule has 1 heterocycles. The summed E-state index contributed by atoms with van der Waals surface area (Å²) < 4.78 is 0. The molecule has 0 atom stereocenters. The Labute approximate surface area is 137 Å². The Morgan fingerprint density at radius 1 is 1.27 bits per heavy atom. The third-order valence-corrected chi connectivity index (χ3v) is 4.43. The standard InChI is InChI=1S/C17H26N4S/c1-13-6-4-7-15-14(12-21-16(13)15)8-10-20-17(18-2)19-9-5-11-22-3/h4,6-7,12,21H,5,8-11H2,1-3H3,(H2,18,19,20). The van der Waals surface area contributed by atoms with Crippen molar-refractivity contribution in [2.45, 2.75) is 19.8 Å². The summed E-state index contributed by atoms with van der Waals surface area (Å²) in [7, 11) is 1.82.